The van der Waals surface area contributed by atoms with Gasteiger partial charge in [0.2, 0.25) is 0 Å². The highest BCUT2D eigenvalue weighted by molar-refractivity contribution is 5.06. The largest absolute Gasteiger partial charge is 0.463 e. The second-order valence-corrected chi connectivity index (χ2v) is 4.50. The average Bonchev–Trinajstić information content (AvgIpc) is 2.80. The van der Waals surface area contributed by atoms with Crippen LogP contribution in [0.4, 0.5) is 0 Å². The zero-order chi connectivity index (χ0) is 12.1. The van der Waals surface area contributed by atoms with E-state index in [2.05, 4.69) is 11.8 Å². The van der Waals surface area contributed by atoms with Crippen LogP contribution in [0.3, 0.4) is 0 Å². The fourth-order valence-corrected chi connectivity index (χ4v) is 2.31. The molecule has 2 heterocycles. The molecule has 1 aliphatic rings. The van der Waals surface area contributed by atoms with Gasteiger partial charge >= 0.3 is 0 Å². The third kappa shape index (κ3) is 3.56. The first kappa shape index (κ1) is 12.6. The number of hydrogen-bond acceptors (Lipinski definition) is 4. The van der Waals surface area contributed by atoms with Gasteiger partial charge in [0.15, 0.2) is 0 Å². The molecule has 1 aromatic rings. The van der Waals surface area contributed by atoms with Crippen LogP contribution in [-0.2, 0) is 17.8 Å². The minimum absolute atomic E-state index is 0.451. The van der Waals surface area contributed by atoms with Gasteiger partial charge in [-0.15, -0.1) is 0 Å². The number of ether oxygens (including phenoxy) is 1. The van der Waals surface area contributed by atoms with Gasteiger partial charge in [0.05, 0.1) is 19.2 Å². The monoisotopic (exact) mass is 238 g/mol. The second-order valence-electron chi connectivity index (χ2n) is 4.50. The lowest BCUT2D eigenvalue weighted by atomic mass is 10.1. The van der Waals surface area contributed by atoms with Crippen molar-refractivity contribution >= 4 is 0 Å². The van der Waals surface area contributed by atoms with Crippen LogP contribution in [0.25, 0.3) is 0 Å². The molecule has 0 bridgehead atoms. The number of rotatable bonds is 5. The van der Waals surface area contributed by atoms with E-state index in [1.807, 2.05) is 12.1 Å². The lowest BCUT2D eigenvalue weighted by Gasteiger charge is -2.31. The predicted molar refractivity (Wildman–Crippen MR) is 66.5 cm³/mol. The van der Waals surface area contributed by atoms with Gasteiger partial charge in [-0.05, 0) is 31.9 Å². The summed E-state index contributed by atoms with van der Waals surface area (Å²) in [4.78, 5) is 2.41. The molecule has 0 aliphatic carbocycles. The van der Waals surface area contributed by atoms with Crippen LogP contribution in [0.5, 0.6) is 0 Å². The summed E-state index contributed by atoms with van der Waals surface area (Å²) in [7, 11) is 0. The maximum absolute atomic E-state index is 5.64. The summed E-state index contributed by atoms with van der Waals surface area (Å²) in [5, 5.41) is 0. The van der Waals surface area contributed by atoms with Gasteiger partial charge < -0.3 is 14.9 Å². The van der Waals surface area contributed by atoms with E-state index < -0.39 is 0 Å². The van der Waals surface area contributed by atoms with E-state index in [0.29, 0.717) is 12.6 Å². The summed E-state index contributed by atoms with van der Waals surface area (Å²) in [5.41, 5.74) is 5.52. The predicted octanol–water partition coefficient (Wildman–Crippen LogP) is 1.74. The minimum Gasteiger partial charge on any atom is -0.463 e. The first-order valence-corrected chi connectivity index (χ1v) is 6.43. The zero-order valence-corrected chi connectivity index (χ0v) is 10.5. The highest BCUT2D eigenvalue weighted by atomic mass is 16.5. The van der Waals surface area contributed by atoms with Gasteiger partial charge in [-0.25, -0.2) is 0 Å². The first-order chi connectivity index (χ1) is 8.31. The number of nitrogens with zero attached hydrogens (tertiary/aromatic N) is 1. The summed E-state index contributed by atoms with van der Waals surface area (Å²) >= 11 is 0. The molecule has 17 heavy (non-hydrogen) atoms. The van der Waals surface area contributed by atoms with Crippen molar-refractivity contribution in [3.8, 4) is 0 Å². The van der Waals surface area contributed by atoms with Crippen LogP contribution in [0.1, 0.15) is 31.3 Å². The van der Waals surface area contributed by atoms with E-state index in [4.69, 9.17) is 14.9 Å². The van der Waals surface area contributed by atoms with Crippen molar-refractivity contribution in [1.29, 1.82) is 0 Å². The van der Waals surface area contributed by atoms with Crippen molar-refractivity contribution in [3.05, 3.63) is 23.7 Å². The molecule has 1 aromatic heterocycles. The van der Waals surface area contributed by atoms with Crippen molar-refractivity contribution in [2.45, 2.75) is 39.0 Å². The Morgan fingerprint density at radius 1 is 1.35 bits per heavy atom. The van der Waals surface area contributed by atoms with Crippen LogP contribution in [0, 0.1) is 0 Å². The highest BCUT2D eigenvalue weighted by Gasteiger charge is 2.19. The maximum atomic E-state index is 5.64. The van der Waals surface area contributed by atoms with Crippen LogP contribution in [-0.4, -0.2) is 30.7 Å². The topological polar surface area (TPSA) is 51.6 Å². The SMILES string of the molecule is CCOC1CCN(Cc2ccc(CN)o2)CC1. The quantitative estimate of drug-likeness (QED) is 0.849. The lowest BCUT2D eigenvalue weighted by molar-refractivity contribution is 0.0111. The third-order valence-corrected chi connectivity index (χ3v) is 3.23. The van der Waals surface area contributed by atoms with Crippen molar-refractivity contribution in [3.63, 3.8) is 0 Å². The Bertz CT molecular complexity index is 330. The van der Waals surface area contributed by atoms with Gasteiger partial charge in [0, 0.05) is 19.7 Å². The molecule has 1 saturated heterocycles. The van der Waals surface area contributed by atoms with E-state index in [-0.39, 0.29) is 0 Å². The molecule has 0 radical (unpaired) electrons. The fraction of sp³-hybridized carbons (Fsp3) is 0.692. The van der Waals surface area contributed by atoms with E-state index >= 15 is 0 Å². The Morgan fingerprint density at radius 3 is 2.65 bits per heavy atom. The molecule has 2 N–H and O–H groups in total. The number of likely N-dealkylation sites (tertiary alicyclic amines) is 1. The lowest BCUT2D eigenvalue weighted by Crippen LogP contribution is -2.36. The summed E-state index contributed by atoms with van der Waals surface area (Å²) in [6.45, 7) is 6.42. The van der Waals surface area contributed by atoms with Gasteiger partial charge in [-0.3, -0.25) is 4.90 Å². The standard InChI is InChI=1S/C13H22N2O2/c1-2-16-11-5-7-15(8-6-11)10-13-4-3-12(9-14)17-13/h3-4,11H,2,5-10,14H2,1H3. The fourth-order valence-electron chi connectivity index (χ4n) is 2.31. The molecule has 1 aliphatic heterocycles. The van der Waals surface area contributed by atoms with Gasteiger partial charge in [-0.2, -0.15) is 0 Å². The van der Waals surface area contributed by atoms with Gasteiger partial charge in [-0.1, -0.05) is 0 Å². The van der Waals surface area contributed by atoms with Crippen LogP contribution in [0.2, 0.25) is 0 Å². The van der Waals surface area contributed by atoms with Crippen LogP contribution in [0.15, 0.2) is 16.5 Å². The molecule has 4 nitrogen and oxygen atoms in total. The minimum atomic E-state index is 0.451. The van der Waals surface area contributed by atoms with Crippen molar-refractivity contribution in [2.24, 2.45) is 5.73 Å². The van der Waals surface area contributed by atoms with E-state index in [1.54, 1.807) is 0 Å². The van der Waals surface area contributed by atoms with E-state index in [0.717, 1.165) is 50.6 Å². The number of furan rings is 1. The van der Waals surface area contributed by atoms with Crippen molar-refractivity contribution in [2.75, 3.05) is 19.7 Å². The Labute approximate surface area is 103 Å². The smallest absolute Gasteiger partial charge is 0.118 e. The Morgan fingerprint density at radius 2 is 2.06 bits per heavy atom. The summed E-state index contributed by atoms with van der Waals surface area (Å²) < 4.78 is 11.2. The summed E-state index contributed by atoms with van der Waals surface area (Å²) in [5.74, 6) is 1.88. The van der Waals surface area contributed by atoms with E-state index in [9.17, 15) is 0 Å². The molecular formula is C13H22N2O2. The molecule has 4 heteroatoms. The normalized spacial score (nSPS) is 18.7. The first-order valence-electron chi connectivity index (χ1n) is 6.43. The van der Waals surface area contributed by atoms with Crippen LogP contribution >= 0.6 is 0 Å². The number of hydrogen-bond donors (Lipinski definition) is 1. The molecule has 0 amide bonds. The molecule has 2 rings (SSSR count). The third-order valence-electron chi connectivity index (χ3n) is 3.23. The average molecular weight is 238 g/mol. The number of nitrogens with two attached hydrogens (primary N) is 1. The molecule has 1 fully saturated rings. The summed E-state index contributed by atoms with van der Waals surface area (Å²) in [6.07, 6.45) is 2.70. The van der Waals surface area contributed by atoms with Crippen molar-refractivity contribution < 1.29 is 9.15 Å². The Hall–Kier alpha value is -0.840. The molecule has 0 aromatic carbocycles. The molecule has 0 saturated carbocycles. The number of piperidine rings is 1. The molecule has 0 spiro atoms. The second kappa shape index (κ2) is 6.19. The van der Waals surface area contributed by atoms with Crippen LogP contribution < -0.4 is 5.73 Å². The zero-order valence-electron chi connectivity index (χ0n) is 10.5. The molecule has 0 atom stereocenters. The maximum Gasteiger partial charge on any atom is 0.118 e. The highest BCUT2D eigenvalue weighted by Crippen LogP contribution is 2.17. The van der Waals surface area contributed by atoms with Gasteiger partial charge in [0.25, 0.3) is 0 Å². The molecular weight excluding hydrogens is 216 g/mol. The molecule has 0 unspecified atom stereocenters. The van der Waals surface area contributed by atoms with Crippen molar-refractivity contribution in [1.82, 2.24) is 4.90 Å². The Balaban J connectivity index is 1.77. The van der Waals surface area contributed by atoms with Gasteiger partial charge in [0.1, 0.15) is 11.5 Å². The summed E-state index contributed by atoms with van der Waals surface area (Å²) in [6, 6.07) is 3.99. The molecule has 96 valence electrons. The van der Waals surface area contributed by atoms with E-state index in [1.165, 1.54) is 0 Å². The Kier molecular flexibility index (Phi) is 4.59.